The van der Waals surface area contributed by atoms with Gasteiger partial charge in [-0.05, 0) is 42.3 Å². The minimum Gasteiger partial charge on any atom is -0.478 e. The number of thioether (sulfide) groups is 1. The second-order valence-corrected chi connectivity index (χ2v) is 8.17. The Labute approximate surface area is 189 Å². The molecule has 32 heavy (non-hydrogen) atoms. The molecular weight excluding hydrogens is 429 g/mol. The van der Waals surface area contributed by atoms with Crippen molar-refractivity contribution in [3.05, 3.63) is 84.0 Å². The van der Waals surface area contributed by atoms with Gasteiger partial charge in [-0.3, -0.25) is 4.79 Å². The molecule has 0 aliphatic carbocycles. The molecule has 0 aliphatic rings. The lowest BCUT2D eigenvalue weighted by molar-refractivity contribution is -0.119. The lowest BCUT2D eigenvalue weighted by Crippen LogP contribution is -2.28. The Morgan fingerprint density at radius 3 is 2.66 bits per heavy atom. The van der Waals surface area contributed by atoms with Crippen molar-refractivity contribution in [2.24, 2.45) is 0 Å². The first kappa shape index (κ1) is 21.8. The molecule has 1 amide bonds. The number of nitrogens with zero attached hydrogens (tertiary/aromatic N) is 2. The van der Waals surface area contributed by atoms with Crippen LogP contribution in [0.15, 0.2) is 76.4 Å². The summed E-state index contributed by atoms with van der Waals surface area (Å²) in [5.74, 6) is -0.176. The Morgan fingerprint density at radius 2 is 1.81 bits per heavy atom. The molecule has 0 spiro atoms. The molecule has 0 saturated heterocycles. The molecule has 164 valence electrons. The number of rotatable bonds is 8. The normalized spacial score (nSPS) is 13.0. The molecule has 3 aromatic carbocycles. The smallest absolute Gasteiger partial charge is 0.277 e. The summed E-state index contributed by atoms with van der Waals surface area (Å²) in [6.07, 6.45) is -0.631. The van der Waals surface area contributed by atoms with Crippen molar-refractivity contribution in [3.63, 3.8) is 0 Å². The average molecular weight is 452 g/mol. The van der Waals surface area contributed by atoms with Gasteiger partial charge in [-0.1, -0.05) is 66.4 Å². The molecule has 0 saturated carbocycles. The van der Waals surface area contributed by atoms with Gasteiger partial charge in [0.2, 0.25) is 5.91 Å². The van der Waals surface area contributed by atoms with Gasteiger partial charge in [-0.25, -0.2) is 4.39 Å². The van der Waals surface area contributed by atoms with Crippen molar-refractivity contribution in [2.45, 2.75) is 31.2 Å². The highest BCUT2D eigenvalue weighted by Crippen LogP contribution is 2.26. The predicted octanol–water partition coefficient (Wildman–Crippen LogP) is 5.47. The van der Waals surface area contributed by atoms with Crippen molar-refractivity contribution < 1.29 is 18.3 Å². The van der Waals surface area contributed by atoms with E-state index in [4.69, 9.17) is 9.15 Å². The molecular formula is C24H22FN3O3S. The van der Waals surface area contributed by atoms with Gasteiger partial charge >= 0.3 is 0 Å². The first-order valence-electron chi connectivity index (χ1n) is 10.2. The van der Waals surface area contributed by atoms with Gasteiger partial charge in [-0.2, -0.15) is 0 Å². The maximum Gasteiger partial charge on any atom is 0.277 e. The number of carbonyl (C=O) groups excluding carboxylic acids is 1. The summed E-state index contributed by atoms with van der Waals surface area (Å²) in [4.78, 5) is 12.5. The molecule has 1 aromatic heterocycles. The van der Waals surface area contributed by atoms with Crippen molar-refractivity contribution in [1.29, 1.82) is 0 Å². The monoisotopic (exact) mass is 451 g/mol. The Balaban J connectivity index is 1.32. The fourth-order valence-corrected chi connectivity index (χ4v) is 3.92. The number of para-hydroxylation sites is 1. The van der Waals surface area contributed by atoms with E-state index in [9.17, 15) is 9.18 Å². The minimum absolute atomic E-state index is 0.106. The summed E-state index contributed by atoms with van der Waals surface area (Å²) in [5, 5.41) is 13.4. The second kappa shape index (κ2) is 9.82. The number of amides is 1. The topological polar surface area (TPSA) is 77.2 Å². The van der Waals surface area contributed by atoms with Crippen LogP contribution < -0.4 is 10.1 Å². The summed E-state index contributed by atoms with van der Waals surface area (Å²) < 4.78 is 24.9. The van der Waals surface area contributed by atoms with Crippen LogP contribution >= 0.6 is 11.8 Å². The van der Waals surface area contributed by atoms with E-state index < -0.39 is 11.9 Å². The first-order chi connectivity index (χ1) is 15.5. The number of nitrogens with one attached hydrogen (secondary N) is 1. The molecule has 1 N–H and O–H groups in total. The molecule has 4 rings (SSSR count). The second-order valence-electron chi connectivity index (χ2n) is 7.24. The SMILES string of the molecule is C[C@H](NC(=O)CSc1nnc([C@H](C)Oc2ccccc2F)o1)c1cccc2ccccc12. The zero-order valence-electron chi connectivity index (χ0n) is 17.6. The zero-order valence-corrected chi connectivity index (χ0v) is 18.4. The van der Waals surface area contributed by atoms with Gasteiger partial charge in [0, 0.05) is 0 Å². The Bertz CT molecular complexity index is 1220. The van der Waals surface area contributed by atoms with E-state index in [1.807, 2.05) is 49.4 Å². The van der Waals surface area contributed by atoms with Gasteiger partial charge in [-0.15, -0.1) is 10.2 Å². The summed E-state index contributed by atoms with van der Waals surface area (Å²) in [5.41, 5.74) is 1.06. The fourth-order valence-electron chi connectivity index (χ4n) is 3.34. The highest BCUT2D eigenvalue weighted by atomic mass is 32.2. The van der Waals surface area contributed by atoms with Gasteiger partial charge in [0.05, 0.1) is 11.8 Å². The third-order valence-corrected chi connectivity index (χ3v) is 5.72. The standard InChI is InChI=1S/C24H22FN3O3S/c1-15(18-11-7-9-17-8-3-4-10-19(17)18)26-22(29)14-32-24-28-27-23(31-24)16(2)30-21-13-6-5-12-20(21)25/h3-13,15-16H,14H2,1-2H3,(H,26,29)/t15-,16-/m0/s1. The largest absolute Gasteiger partial charge is 0.478 e. The van der Waals surface area contributed by atoms with E-state index >= 15 is 0 Å². The van der Waals surface area contributed by atoms with E-state index in [1.54, 1.807) is 19.1 Å². The summed E-state index contributed by atoms with van der Waals surface area (Å²) in [7, 11) is 0. The maximum atomic E-state index is 13.8. The van der Waals surface area contributed by atoms with Gasteiger partial charge in [0.15, 0.2) is 17.7 Å². The molecule has 6 nitrogen and oxygen atoms in total. The lowest BCUT2D eigenvalue weighted by Gasteiger charge is -2.16. The quantitative estimate of drug-likeness (QED) is 0.358. The molecule has 0 bridgehead atoms. The lowest BCUT2D eigenvalue weighted by atomic mass is 10.00. The van der Waals surface area contributed by atoms with Crippen molar-refractivity contribution in [1.82, 2.24) is 15.5 Å². The highest BCUT2D eigenvalue weighted by Gasteiger charge is 2.19. The van der Waals surface area contributed by atoms with Crippen LogP contribution in [-0.2, 0) is 4.79 Å². The molecule has 2 atom stereocenters. The highest BCUT2D eigenvalue weighted by molar-refractivity contribution is 7.99. The van der Waals surface area contributed by atoms with Crippen LogP contribution in [0.4, 0.5) is 4.39 Å². The van der Waals surface area contributed by atoms with Gasteiger partial charge < -0.3 is 14.5 Å². The maximum absolute atomic E-state index is 13.8. The van der Waals surface area contributed by atoms with Gasteiger partial charge in [0.1, 0.15) is 0 Å². The zero-order chi connectivity index (χ0) is 22.5. The molecule has 0 radical (unpaired) electrons. The summed E-state index contributed by atoms with van der Waals surface area (Å²) in [6, 6.07) is 20.1. The third-order valence-electron chi connectivity index (χ3n) is 4.90. The molecule has 1 heterocycles. The Morgan fingerprint density at radius 1 is 1.06 bits per heavy atom. The minimum atomic E-state index is -0.631. The van der Waals surface area contributed by atoms with Crippen LogP contribution in [0.3, 0.4) is 0 Å². The van der Waals surface area contributed by atoms with Crippen molar-refractivity contribution in [3.8, 4) is 5.75 Å². The van der Waals surface area contributed by atoms with Gasteiger partial charge in [0.25, 0.3) is 11.1 Å². The number of ether oxygens (including phenoxy) is 1. The van der Waals surface area contributed by atoms with E-state index in [0.717, 1.165) is 28.1 Å². The number of hydrogen-bond acceptors (Lipinski definition) is 6. The van der Waals surface area contributed by atoms with E-state index in [0.29, 0.717) is 0 Å². The number of hydrogen-bond donors (Lipinski definition) is 1. The number of carbonyl (C=O) groups is 1. The van der Waals surface area contributed by atoms with Crippen LogP contribution in [-0.4, -0.2) is 21.9 Å². The molecule has 0 fully saturated rings. The number of halogens is 1. The number of fused-ring (bicyclic) bond motifs is 1. The molecule has 4 aromatic rings. The predicted molar refractivity (Wildman–Crippen MR) is 121 cm³/mol. The average Bonchev–Trinajstić information content (AvgIpc) is 3.28. The Hall–Kier alpha value is -3.39. The third kappa shape index (κ3) is 5.08. The van der Waals surface area contributed by atoms with Crippen LogP contribution in [0.2, 0.25) is 0 Å². The van der Waals surface area contributed by atoms with E-state index in [2.05, 4.69) is 15.5 Å². The summed E-state index contributed by atoms with van der Waals surface area (Å²) in [6.45, 7) is 3.64. The van der Waals surface area contributed by atoms with Crippen LogP contribution in [0.5, 0.6) is 5.75 Å². The van der Waals surface area contributed by atoms with Crippen molar-refractivity contribution >= 4 is 28.4 Å². The molecule has 0 aliphatic heterocycles. The summed E-state index contributed by atoms with van der Waals surface area (Å²) >= 11 is 1.14. The molecule has 0 unspecified atom stereocenters. The molecule has 8 heteroatoms. The van der Waals surface area contributed by atoms with Crippen LogP contribution in [0.1, 0.15) is 37.4 Å². The number of benzene rings is 3. The van der Waals surface area contributed by atoms with E-state index in [-0.39, 0.29) is 34.6 Å². The van der Waals surface area contributed by atoms with Crippen LogP contribution in [0.25, 0.3) is 10.8 Å². The first-order valence-corrected chi connectivity index (χ1v) is 11.1. The van der Waals surface area contributed by atoms with Crippen molar-refractivity contribution in [2.75, 3.05) is 5.75 Å². The van der Waals surface area contributed by atoms with E-state index in [1.165, 1.54) is 12.1 Å². The van der Waals surface area contributed by atoms with Crippen LogP contribution in [0, 0.1) is 5.82 Å². The number of aromatic nitrogens is 2. The Kier molecular flexibility index (Phi) is 6.70. The fraction of sp³-hybridized carbons (Fsp3) is 0.208.